The van der Waals surface area contributed by atoms with Crippen LogP contribution in [0.5, 0.6) is 0 Å². The van der Waals surface area contributed by atoms with Crippen molar-refractivity contribution in [1.29, 1.82) is 0 Å². The van der Waals surface area contributed by atoms with E-state index in [-0.39, 0.29) is 22.8 Å². The van der Waals surface area contributed by atoms with Gasteiger partial charge in [-0.05, 0) is 37.6 Å². The van der Waals surface area contributed by atoms with E-state index < -0.39 is 34.6 Å². The van der Waals surface area contributed by atoms with Gasteiger partial charge >= 0.3 is 5.97 Å². The molecule has 8 heteroatoms. The molecular weight excluding hydrogens is 379 g/mol. The lowest BCUT2D eigenvalue weighted by molar-refractivity contribution is -0.142. The summed E-state index contributed by atoms with van der Waals surface area (Å²) in [6.07, 6.45) is 0.657. The minimum Gasteiger partial charge on any atom is -0.465 e. The summed E-state index contributed by atoms with van der Waals surface area (Å²) in [7, 11) is 0. The number of esters is 1. The van der Waals surface area contributed by atoms with Crippen molar-refractivity contribution in [2.45, 2.75) is 30.4 Å². The Morgan fingerprint density at radius 1 is 1.15 bits per heavy atom. The molecule has 1 unspecified atom stereocenters. The number of amides is 1. The third-order valence-electron chi connectivity index (χ3n) is 3.44. The predicted molar refractivity (Wildman–Crippen MR) is 97.3 cm³/mol. The first-order valence-electron chi connectivity index (χ1n) is 8.21. The SMILES string of the molecule is CCCOC(=O)C(C)Sc1cc(NC(=O)c2cccc(F)c2)c(F)cc1F. The summed E-state index contributed by atoms with van der Waals surface area (Å²) in [4.78, 5) is 23.9. The molecule has 0 aliphatic carbocycles. The molecule has 1 atom stereocenters. The van der Waals surface area contributed by atoms with Crippen LogP contribution < -0.4 is 5.32 Å². The smallest absolute Gasteiger partial charge is 0.319 e. The zero-order valence-electron chi connectivity index (χ0n) is 14.7. The van der Waals surface area contributed by atoms with Crippen LogP contribution in [0.4, 0.5) is 18.9 Å². The number of anilines is 1. The van der Waals surface area contributed by atoms with E-state index in [0.29, 0.717) is 12.5 Å². The molecule has 2 aromatic rings. The van der Waals surface area contributed by atoms with Crippen LogP contribution in [0, 0.1) is 17.5 Å². The largest absolute Gasteiger partial charge is 0.465 e. The van der Waals surface area contributed by atoms with E-state index in [1.807, 2.05) is 6.92 Å². The van der Waals surface area contributed by atoms with Crippen LogP contribution in [0.1, 0.15) is 30.6 Å². The highest BCUT2D eigenvalue weighted by atomic mass is 32.2. The highest BCUT2D eigenvalue weighted by Gasteiger charge is 2.20. The van der Waals surface area contributed by atoms with Gasteiger partial charge in [0.15, 0.2) is 0 Å². The van der Waals surface area contributed by atoms with Crippen LogP contribution in [0.3, 0.4) is 0 Å². The molecule has 4 nitrogen and oxygen atoms in total. The van der Waals surface area contributed by atoms with Crippen molar-refractivity contribution in [3.63, 3.8) is 0 Å². The van der Waals surface area contributed by atoms with Crippen molar-refractivity contribution < 1.29 is 27.5 Å². The van der Waals surface area contributed by atoms with Gasteiger partial charge in [0.1, 0.15) is 22.7 Å². The third-order valence-corrected chi connectivity index (χ3v) is 4.55. The molecule has 0 saturated carbocycles. The van der Waals surface area contributed by atoms with Gasteiger partial charge in [0.05, 0.1) is 12.3 Å². The summed E-state index contributed by atoms with van der Waals surface area (Å²) in [5.41, 5.74) is -0.285. The van der Waals surface area contributed by atoms with E-state index in [2.05, 4.69) is 5.32 Å². The standard InChI is InChI=1S/C19H18F3NO3S/c1-3-7-26-19(25)11(2)27-17-10-16(14(21)9-15(17)22)23-18(24)12-5-4-6-13(20)8-12/h4-6,8-11H,3,7H2,1-2H3,(H,23,24). The number of ether oxygens (including phenoxy) is 1. The molecule has 144 valence electrons. The van der Waals surface area contributed by atoms with Crippen molar-refractivity contribution in [2.75, 3.05) is 11.9 Å². The highest BCUT2D eigenvalue weighted by Crippen LogP contribution is 2.31. The molecule has 0 saturated heterocycles. The van der Waals surface area contributed by atoms with Gasteiger partial charge in [-0.3, -0.25) is 9.59 Å². The summed E-state index contributed by atoms with van der Waals surface area (Å²) < 4.78 is 46.3. The molecule has 2 aromatic carbocycles. The number of rotatable bonds is 7. The Balaban J connectivity index is 2.17. The molecule has 1 N–H and O–H groups in total. The first kappa shape index (κ1) is 20.8. The Hall–Kier alpha value is -2.48. The van der Waals surface area contributed by atoms with Crippen LogP contribution in [0.2, 0.25) is 0 Å². The summed E-state index contributed by atoms with van der Waals surface area (Å²) in [5, 5.41) is 1.56. The lowest BCUT2D eigenvalue weighted by Gasteiger charge is -2.13. The summed E-state index contributed by atoms with van der Waals surface area (Å²) in [6, 6.07) is 6.59. The number of carbonyl (C=O) groups is 2. The van der Waals surface area contributed by atoms with Gasteiger partial charge in [-0.15, -0.1) is 11.8 Å². The number of thioether (sulfide) groups is 1. The monoisotopic (exact) mass is 397 g/mol. The predicted octanol–water partition coefficient (Wildman–Crippen LogP) is 4.79. The van der Waals surface area contributed by atoms with Gasteiger partial charge in [0.2, 0.25) is 0 Å². The van der Waals surface area contributed by atoms with Crippen LogP contribution in [0.25, 0.3) is 0 Å². The number of nitrogens with one attached hydrogen (secondary N) is 1. The number of hydrogen-bond acceptors (Lipinski definition) is 4. The van der Waals surface area contributed by atoms with Crippen LogP contribution in [0.15, 0.2) is 41.3 Å². The molecule has 0 aromatic heterocycles. The lowest BCUT2D eigenvalue weighted by atomic mass is 10.2. The van der Waals surface area contributed by atoms with Gasteiger partial charge in [-0.1, -0.05) is 13.0 Å². The first-order chi connectivity index (χ1) is 12.8. The first-order valence-corrected chi connectivity index (χ1v) is 9.09. The second-order valence-corrected chi connectivity index (χ2v) is 7.04. The number of benzene rings is 2. The summed E-state index contributed by atoms with van der Waals surface area (Å²) >= 11 is 0.849. The molecule has 0 aliphatic rings. The zero-order chi connectivity index (χ0) is 20.0. The third kappa shape index (κ3) is 5.75. The summed E-state index contributed by atoms with van der Waals surface area (Å²) in [5.74, 6) is -3.72. The molecule has 0 heterocycles. The lowest BCUT2D eigenvalue weighted by Crippen LogP contribution is -2.18. The van der Waals surface area contributed by atoms with Crippen molar-refractivity contribution in [2.24, 2.45) is 0 Å². The maximum Gasteiger partial charge on any atom is 0.319 e. The van der Waals surface area contributed by atoms with E-state index in [0.717, 1.165) is 23.9 Å². The van der Waals surface area contributed by atoms with Crippen molar-refractivity contribution >= 4 is 29.3 Å². The van der Waals surface area contributed by atoms with E-state index in [9.17, 15) is 22.8 Å². The van der Waals surface area contributed by atoms with Crippen molar-refractivity contribution in [1.82, 2.24) is 0 Å². The van der Waals surface area contributed by atoms with Crippen LogP contribution in [-0.4, -0.2) is 23.7 Å². The maximum atomic E-state index is 14.0. The Bertz CT molecular complexity index is 845. The van der Waals surface area contributed by atoms with Gasteiger partial charge in [-0.25, -0.2) is 13.2 Å². The van der Waals surface area contributed by atoms with Crippen LogP contribution in [-0.2, 0) is 9.53 Å². The Kier molecular flexibility index (Phi) is 7.29. The van der Waals surface area contributed by atoms with E-state index >= 15 is 0 Å². The molecular formula is C19H18F3NO3S. The normalized spacial score (nSPS) is 11.7. The minimum absolute atomic E-state index is 0.00978. The van der Waals surface area contributed by atoms with Gasteiger partial charge in [0, 0.05) is 16.5 Å². The molecule has 0 fully saturated rings. The fourth-order valence-corrected chi connectivity index (χ4v) is 3.00. The molecule has 27 heavy (non-hydrogen) atoms. The quantitative estimate of drug-likeness (QED) is 0.539. The van der Waals surface area contributed by atoms with Crippen molar-refractivity contribution in [3.05, 3.63) is 59.4 Å². The Labute approximate surface area is 159 Å². The van der Waals surface area contributed by atoms with Crippen LogP contribution >= 0.6 is 11.8 Å². The van der Waals surface area contributed by atoms with Gasteiger partial charge < -0.3 is 10.1 Å². The Morgan fingerprint density at radius 3 is 2.56 bits per heavy atom. The second kappa shape index (κ2) is 9.45. The highest BCUT2D eigenvalue weighted by molar-refractivity contribution is 8.00. The molecule has 1 amide bonds. The average molecular weight is 397 g/mol. The molecule has 0 radical (unpaired) electrons. The second-order valence-electron chi connectivity index (χ2n) is 5.65. The number of halogens is 3. The molecule has 0 aliphatic heterocycles. The maximum absolute atomic E-state index is 14.0. The van der Waals surface area contributed by atoms with E-state index in [1.54, 1.807) is 0 Å². The van der Waals surface area contributed by atoms with E-state index in [1.165, 1.54) is 25.1 Å². The fourth-order valence-electron chi connectivity index (χ4n) is 2.10. The fraction of sp³-hybridized carbons (Fsp3) is 0.263. The molecule has 0 spiro atoms. The number of carbonyl (C=O) groups excluding carboxylic acids is 2. The Morgan fingerprint density at radius 2 is 1.89 bits per heavy atom. The topological polar surface area (TPSA) is 55.4 Å². The van der Waals surface area contributed by atoms with Crippen molar-refractivity contribution in [3.8, 4) is 0 Å². The molecule has 0 bridgehead atoms. The summed E-state index contributed by atoms with van der Waals surface area (Å²) in [6.45, 7) is 3.64. The van der Waals surface area contributed by atoms with Gasteiger partial charge in [0.25, 0.3) is 5.91 Å². The average Bonchev–Trinajstić information content (AvgIpc) is 2.63. The van der Waals surface area contributed by atoms with E-state index in [4.69, 9.17) is 4.74 Å². The number of hydrogen-bond donors (Lipinski definition) is 1. The van der Waals surface area contributed by atoms with Gasteiger partial charge in [-0.2, -0.15) is 0 Å². The zero-order valence-corrected chi connectivity index (χ0v) is 15.5. The minimum atomic E-state index is -0.984. The molecule has 2 rings (SSSR count).